The lowest BCUT2D eigenvalue weighted by Gasteiger charge is -1.96. The number of thiazole rings is 1. The molecule has 2 rings (SSSR count). The molecule has 20 heavy (non-hydrogen) atoms. The number of amides is 1. The van der Waals surface area contributed by atoms with Gasteiger partial charge in [-0.2, -0.15) is 0 Å². The van der Waals surface area contributed by atoms with Gasteiger partial charge in [0.2, 0.25) is 0 Å². The summed E-state index contributed by atoms with van der Waals surface area (Å²) in [5.74, 6) is -0.630. The second-order valence-electron chi connectivity index (χ2n) is 4.44. The fraction of sp³-hybridized carbons (Fsp3) is 0.333. The topological polar surface area (TPSA) is 105 Å². The van der Waals surface area contributed by atoms with Gasteiger partial charge in [-0.3, -0.25) is 14.9 Å². The van der Waals surface area contributed by atoms with Gasteiger partial charge in [0.1, 0.15) is 5.76 Å². The number of carbonyl (C=O) groups excluding carboxylic acids is 1. The summed E-state index contributed by atoms with van der Waals surface area (Å²) in [6.45, 7) is 3.86. The molecule has 0 saturated heterocycles. The molecule has 8 heteroatoms. The van der Waals surface area contributed by atoms with E-state index >= 15 is 0 Å². The second-order valence-corrected chi connectivity index (χ2v) is 5.30. The van der Waals surface area contributed by atoms with Crippen LogP contribution in [0.2, 0.25) is 0 Å². The van der Waals surface area contributed by atoms with E-state index in [-0.39, 0.29) is 18.0 Å². The minimum atomic E-state index is -0.966. The maximum Gasteiger partial charge on any atom is 0.309 e. The number of nitrogens with one attached hydrogen (secondary N) is 1. The highest BCUT2D eigenvalue weighted by atomic mass is 32.1. The first-order valence-electron chi connectivity index (χ1n) is 5.90. The van der Waals surface area contributed by atoms with E-state index in [0.29, 0.717) is 16.6 Å². The summed E-state index contributed by atoms with van der Waals surface area (Å²) in [4.78, 5) is 26.4. The quantitative estimate of drug-likeness (QED) is 0.875. The third-order valence-corrected chi connectivity index (χ3v) is 3.24. The van der Waals surface area contributed by atoms with E-state index in [2.05, 4.69) is 15.5 Å². The summed E-state index contributed by atoms with van der Waals surface area (Å²) in [6.07, 6.45) is -0.173. The predicted octanol–water partition coefficient (Wildman–Crippen LogP) is 2.13. The van der Waals surface area contributed by atoms with Crippen LogP contribution < -0.4 is 5.32 Å². The van der Waals surface area contributed by atoms with Gasteiger partial charge in [0.15, 0.2) is 10.8 Å². The molecule has 0 unspecified atom stereocenters. The molecule has 0 saturated carbocycles. The molecule has 0 aromatic carbocycles. The Morgan fingerprint density at radius 3 is 2.85 bits per heavy atom. The van der Waals surface area contributed by atoms with Crippen LogP contribution in [-0.2, 0) is 11.2 Å². The van der Waals surface area contributed by atoms with Crippen molar-refractivity contribution in [3.8, 4) is 0 Å². The maximum absolute atomic E-state index is 11.9. The largest absolute Gasteiger partial charge is 0.481 e. The smallest absolute Gasteiger partial charge is 0.309 e. The molecule has 2 aromatic heterocycles. The standard InChI is InChI=1S/C12H13N3O4S/c1-6(2)9-4-8(15-19-9)11(18)14-12-13-7(5-20-12)3-10(16)17/h4-6H,3H2,1-2H3,(H,16,17)(H,13,14,18). The summed E-state index contributed by atoms with van der Waals surface area (Å²) in [7, 11) is 0. The van der Waals surface area contributed by atoms with Crippen LogP contribution in [0.5, 0.6) is 0 Å². The first-order chi connectivity index (χ1) is 9.45. The lowest BCUT2D eigenvalue weighted by Crippen LogP contribution is -2.12. The number of hydrogen-bond donors (Lipinski definition) is 2. The zero-order valence-electron chi connectivity index (χ0n) is 10.9. The number of carboxylic acid groups (broad SMARTS) is 1. The van der Waals surface area contributed by atoms with Gasteiger partial charge >= 0.3 is 5.97 Å². The van der Waals surface area contributed by atoms with Crippen LogP contribution >= 0.6 is 11.3 Å². The fourth-order valence-electron chi connectivity index (χ4n) is 1.43. The van der Waals surface area contributed by atoms with Crippen molar-refractivity contribution in [2.24, 2.45) is 0 Å². The van der Waals surface area contributed by atoms with E-state index in [4.69, 9.17) is 9.63 Å². The van der Waals surface area contributed by atoms with Crippen molar-refractivity contribution >= 4 is 28.3 Å². The Hall–Kier alpha value is -2.22. The summed E-state index contributed by atoms with van der Waals surface area (Å²) < 4.78 is 5.04. The molecular formula is C12H13N3O4S. The van der Waals surface area contributed by atoms with Crippen LogP contribution in [0.3, 0.4) is 0 Å². The molecule has 2 N–H and O–H groups in total. The average Bonchev–Trinajstić information content (AvgIpc) is 2.97. The van der Waals surface area contributed by atoms with E-state index in [1.165, 1.54) is 0 Å². The van der Waals surface area contributed by atoms with Crippen molar-refractivity contribution in [1.29, 1.82) is 0 Å². The lowest BCUT2D eigenvalue weighted by atomic mass is 10.1. The van der Waals surface area contributed by atoms with Gasteiger partial charge in [0, 0.05) is 17.4 Å². The number of carbonyl (C=O) groups is 2. The van der Waals surface area contributed by atoms with E-state index in [1.54, 1.807) is 11.4 Å². The second kappa shape index (κ2) is 5.83. The fourth-order valence-corrected chi connectivity index (χ4v) is 2.14. The van der Waals surface area contributed by atoms with Gasteiger partial charge in [-0.1, -0.05) is 19.0 Å². The number of rotatable bonds is 5. The normalized spacial score (nSPS) is 10.8. The highest BCUT2D eigenvalue weighted by Crippen LogP contribution is 2.18. The van der Waals surface area contributed by atoms with E-state index in [1.807, 2.05) is 13.8 Å². The molecule has 7 nitrogen and oxygen atoms in total. The maximum atomic E-state index is 11.9. The molecule has 2 aromatic rings. The Morgan fingerprint density at radius 2 is 2.25 bits per heavy atom. The van der Waals surface area contributed by atoms with Crippen LogP contribution in [0.15, 0.2) is 16.0 Å². The number of aliphatic carboxylic acids is 1. The van der Waals surface area contributed by atoms with Gasteiger partial charge in [0.05, 0.1) is 12.1 Å². The van der Waals surface area contributed by atoms with Crippen molar-refractivity contribution in [2.75, 3.05) is 5.32 Å². The Bertz CT molecular complexity index is 632. The number of nitrogens with zero attached hydrogens (tertiary/aromatic N) is 2. The van der Waals surface area contributed by atoms with Crippen molar-refractivity contribution in [3.63, 3.8) is 0 Å². The minimum absolute atomic E-state index is 0.145. The molecule has 0 atom stereocenters. The Balaban J connectivity index is 2.03. The van der Waals surface area contributed by atoms with Crippen molar-refractivity contribution < 1.29 is 19.2 Å². The third-order valence-electron chi connectivity index (χ3n) is 2.43. The van der Waals surface area contributed by atoms with E-state index < -0.39 is 11.9 Å². The molecule has 0 fully saturated rings. The Morgan fingerprint density at radius 1 is 1.50 bits per heavy atom. The van der Waals surface area contributed by atoms with E-state index in [0.717, 1.165) is 11.3 Å². The monoisotopic (exact) mass is 295 g/mol. The van der Waals surface area contributed by atoms with Crippen LogP contribution in [0.4, 0.5) is 5.13 Å². The number of hydrogen-bond acceptors (Lipinski definition) is 6. The summed E-state index contributed by atoms with van der Waals surface area (Å²) in [5, 5.41) is 16.8. The van der Waals surface area contributed by atoms with Gasteiger partial charge in [0.25, 0.3) is 5.91 Å². The zero-order chi connectivity index (χ0) is 14.7. The van der Waals surface area contributed by atoms with E-state index in [9.17, 15) is 9.59 Å². The van der Waals surface area contributed by atoms with Crippen molar-refractivity contribution in [3.05, 3.63) is 28.6 Å². The Kier molecular flexibility index (Phi) is 4.14. The molecular weight excluding hydrogens is 282 g/mol. The van der Waals surface area contributed by atoms with Crippen LogP contribution in [0.25, 0.3) is 0 Å². The molecule has 0 radical (unpaired) electrons. The third kappa shape index (κ3) is 3.41. The molecule has 106 valence electrons. The molecule has 0 bridgehead atoms. The lowest BCUT2D eigenvalue weighted by molar-refractivity contribution is -0.136. The predicted molar refractivity (Wildman–Crippen MR) is 72.0 cm³/mol. The molecule has 0 spiro atoms. The van der Waals surface area contributed by atoms with Gasteiger partial charge in [-0.25, -0.2) is 4.98 Å². The molecule has 0 aliphatic rings. The van der Waals surface area contributed by atoms with Gasteiger partial charge in [-0.15, -0.1) is 11.3 Å². The van der Waals surface area contributed by atoms with Gasteiger partial charge < -0.3 is 9.63 Å². The van der Waals surface area contributed by atoms with Crippen LogP contribution in [-0.4, -0.2) is 27.1 Å². The Labute approximate surface area is 118 Å². The average molecular weight is 295 g/mol. The van der Waals surface area contributed by atoms with Crippen molar-refractivity contribution in [2.45, 2.75) is 26.2 Å². The number of anilines is 1. The number of aromatic nitrogens is 2. The molecule has 2 heterocycles. The summed E-state index contributed by atoms with van der Waals surface area (Å²) in [5.41, 5.74) is 0.574. The first-order valence-corrected chi connectivity index (χ1v) is 6.78. The summed E-state index contributed by atoms with van der Waals surface area (Å²) >= 11 is 1.16. The highest BCUT2D eigenvalue weighted by Gasteiger charge is 2.16. The first kappa shape index (κ1) is 14.2. The minimum Gasteiger partial charge on any atom is -0.481 e. The van der Waals surface area contributed by atoms with Crippen molar-refractivity contribution in [1.82, 2.24) is 10.1 Å². The molecule has 1 amide bonds. The number of carboxylic acids is 1. The SMILES string of the molecule is CC(C)c1cc(C(=O)Nc2nc(CC(=O)O)cs2)no1. The molecule has 0 aliphatic heterocycles. The van der Waals surface area contributed by atoms with Crippen LogP contribution in [0, 0.1) is 0 Å². The summed E-state index contributed by atoms with van der Waals surface area (Å²) in [6, 6.07) is 1.58. The van der Waals surface area contributed by atoms with Gasteiger partial charge in [-0.05, 0) is 0 Å². The van der Waals surface area contributed by atoms with Crippen LogP contribution in [0.1, 0.15) is 41.7 Å². The zero-order valence-corrected chi connectivity index (χ0v) is 11.7. The highest BCUT2D eigenvalue weighted by molar-refractivity contribution is 7.14. The molecule has 0 aliphatic carbocycles.